The van der Waals surface area contributed by atoms with Gasteiger partial charge in [-0.05, 0) is 24.3 Å². The maximum Gasteiger partial charge on any atom is 0.329 e. The van der Waals surface area contributed by atoms with E-state index in [-0.39, 0.29) is 5.97 Å². The van der Waals surface area contributed by atoms with E-state index < -0.39 is 0 Å². The van der Waals surface area contributed by atoms with E-state index in [1.54, 1.807) is 6.20 Å². The number of benzene rings is 1. The van der Waals surface area contributed by atoms with Gasteiger partial charge in [0.2, 0.25) is 0 Å². The van der Waals surface area contributed by atoms with Crippen molar-refractivity contribution < 1.29 is 9.63 Å². The lowest BCUT2D eigenvalue weighted by molar-refractivity contribution is -0.137. The number of hydrogen-bond donors (Lipinski definition) is 1. The Labute approximate surface area is 86.8 Å². The molecule has 0 saturated heterocycles. The third kappa shape index (κ3) is 2.04. The summed E-state index contributed by atoms with van der Waals surface area (Å²) in [4.78, 5) is 19.6. The van der Waals surface area contributed by atoms with E-state index in [9.17, 15) is 4.79 Å². The summed E-state index contributed by atoms with van der Waals surface area (Å²) in [6.45, 7) is 1.34. The molecule has 0 fully saturated rings. The Balaban J connectivity index is 2.38. The molecule has 4 nitrogen and oxygen atoms in total. The molecule has 15 heavy (non-hydrogen) atoms. The molecule has 76 valence electrons. The minimum Gasteiger partial charge on any atom is -0.344 e. The predicted molar refractivity (Wildman–Crippen MR) is 57.1 cm³/mol. The van der Waals surface area contributed by atoms with Crippen LogP contribution in [-0.4, -0.2) is 11.0 Å². The van der Waals surface area contributed by atoms with Crippen molar-refractivity contribution in [1.82, 2.24) is 4.98 Å². The number of hydrogen-bond acceptors (Lipinski definition) is 4. The molecular weight excluding hydrogens is 192 g/mol. The number of aromatic nitrogens is 1. The molecule has 4 heteroatoms. The zero-order valence-electron chi connectivity index (χ0n) is 8.23. The van der Waals surface area contributed by atoms with Gasteiger partial charge in [-0.25, -0.2) is 5.48 Å². The molecule has 0 aliphatic rings. The van der Waals surface area contributed by atoms with Crippen LogP contribution in [0.25, 0.3) is 10.9 Å². The number of anilines is 1. The largest absolute Gasteiger partial charge is 0.344 e. The molecule has 1 N–H and O–H groups in total. The lowest BCUT2D eigenvalue weighted by Crippen LogP contribution is -2.06. The Bertz CT molecular complexity index is 491. The van der Waals surface area contributed by atoms with Crippen LogP contribution >= 0.6 is 0 Å². The average Bonchev–Trinajstić information content (AvgIpc) is 2.26. The summed E-state index contributed by atoms with van der Waals surface area (Å²) in [6, 6.07) is 9.32. The third-order valence-electron chi connectivity index (χ3n) is 1.95. The fourth-order valence-electron chi connectivity index (χ4n) is 1.32. The van der Waals surface area contributed by atoms with Crippen molar-refractivity contribution in [3.8, 4) is 0 Å². The summed E-state index contributed by atoms with van der Waals surface area (Å²) in [5, 5.41) is 0.918. The monoisotopic (exact) mass is 202 g/mol. The molecule has 0 bridgehead atoms. The van der Waals surface area contributed by atoms with Gasteiger partial charge in [-0.1, -0.05) is 6.07 Å². The molecule has 0 spiro atoms. The van der Waals surface area contributed by atoms with Crippen molar-refractivity contribution in [2.45, 2.75) is 6.92 Å². The molecule has 2 aromatic rings. The second kappa shape index (κ2) is 3.96. The normalized spacial score (nSPS) is 9.93. The first-order chi connectivity index (χ1) is 7.27. The Hall–Kier alpha value is -2.10. The molecule has 1 aromatic carbocycles. The molecule has 2 rings (SSSR count). The van der Waals surface area contributed by atoms with Crippen LogP contribution in [0.15, 0.2) is 36.5 Å². The van der Waals surface area contributed by atoms with Crippen molar-refractivity contribution in [1.29, 1.82) is 0 Å². The summed E-state index contributed by atoms with van der Waals surface area (Å²) < 4.78 is 0. The highest BCUT2D eigenvalue weighted by molar-refractivity contribution is 5.91. The van der Waals surface area contributed by atoms with Crippen molar-refractivity contribution in [3.63, 3.8) is 0 Å². The summed E-state index contributed by atoms with van der Waals surface area (Å²) in [5.41, 5.74) is 4.19. The second-order valence-electron chi connectivity index (χ2n) is 3.07. The minimum atomic E-state index is -0.379. The fourth-order valence-corrected chi connectivity index (χ4v) is 1.32. The van der Waals surface area contributed by atoms with Gasteiger partial charge in [0.1, 0.15) is 0 Å². The van der Waals surface area contributed by atoms with Gasteiger partial charge in [-0.15, -0.1) is 0 Å². The number of rotatable bonds is 2. The van der Waals surface area contributed by atoms with Crippen molar-refractivity contribution in [3.05, 3.63) is 36.5 Å². The maximum absolute atomic E-state index is 10.7. The molecular formula is C11H10N2O2. The predicted octanol–water partition coefficient (Wildman–Crippen LogP) is 2.12. The fraction of sp³-hybridized carbons (Fsp3) is 0.0909. The Morgan fingerprint density at radius 1 is 1.33 bits per heavy atom. The van der Waals surface area contributed by atoms with Crippen molar-refractivity contribution in [2.24, 2.45) is 0 Å². The van der Waals surface area contributed by atoms with Gasteiger partial charge in [-0.2, -0.15) is 0 Å². The van der Waals surface area contributed by atoms with Crippen LogP contribution in [-0.2, 0) is 9.63 Å². The first-order valence-corrected chi connectivity index (χ1v) is 4.54. The number of nitrogens with zero attached hydrogens (tertiary/aromatic N) is 1. The van der Waals surface area contributed by atoms with Gasteiger partial charge in [0.25, 0.3) is 0 Å². The third-order valence-corrected chi connectivity index (χ3v) is 1.95. The maximum atomic E-state index is 10.7. The number of pyridine rings is 1. The molecule has 0 saturated carbocycles. The Kier molecular flexibility index (Phi) is 2.49. The van der Waals surface area contributed by atoms with Gasteiger partial charge < -0.3 is 4.84 Å². The molecule has 1 heterocycles. The summed E-state index contributed by atoms with van der Waals surface area (Å²) in [6.07, 6.45) is 1.72. The second-order valence-corrected chi connectivity index (χ2v) is 3.07. The smallest absolute Gasteiger partial charge is 0.329 e. The highest BCUT2D eigenvalue weighted by Gasteiger charge is 2.01. The average molecular weight is 202 g/mol. The number of carbonyl (C=O) groups is 1. The standard InChI is InChI=1S/C11H10N2O2/c1-8(14)15-13-11-6-2-5-10-9(11)4-3-7-12-10/h2-7,13H,1H3. The van der Waals surface area contributed by atoms with E-state index >= 15 is 0 Å². The first-order valence-electron chi connectivity index (χ1n) is 4.54. The zero-order chi connectivity index (χ0) is 10.7. The van der Waals surface area contributed by atoms with Crippen LogP contribution in [0.3, 0.4) is 0 Å². The van der Waals surface area contributed by atoms with E-state index in [0.29, 0.717) is 0 Å². The van der Waals surface area contributed by atoms with E-state index in [1.165, 1.54) is 6.92 Å². The van der Waals surface area contributed by atoms with Gasteiger partial charge in [0.05, 0.1) is 11.2 Å². The summed E-state index contributed by atoms with van der Waals surface area (Å²) >= 11 is 0. The van der Waals surface area contributed by atoms with E-state index in [1.807, 2.05) is 30.3 Å². The van der Waals surface area contributed by atoms with Crippen LogP contribution in [0.1, 0.15) is 6.92 Å². The molecule has 0 aliphatic heterocycles. The quantitative estimate of drug-likeness (QED) is 0.758. The van der Waals surface area contributed by atoms with E-state index in [4.69, 9.17) is 4.84 Å². The molecule has 0 aliphatic carbocycles. The molecule has 0 radical (unpaired) electrons. The number of carbonyl (C=O) groups excluding carboxylic acids is 1. The van der Waals surface area contributed by atoms with Crippen LogP contribution in [0.2, 0.25) is 0 Å². The van der Waals surface area contributed by atoms with Crippen LogP contribution in [0.4, 0.5) is 5.69 Å². The molecule has 0 amide bonds. The SMILES string of the molecule is CC(=O)ONc1cccc2ncccc12. The van der Waals surface area contributed by atoms with Gasteiger partial charge in [0.15, 0.2) is 0 Å². The topological polar surface area (TPSA) is 51.2 Å². The molecule has 1 aromatic heterocycles. The van der Waals surface area contributed by atoms with Crippen molar-refractivity contribution in [2.75, 3.05) is 5.48 Å². The zero-order valence-corrected chi connectivity index (χ0v) is 8.23. The summed E-state index contributed by atoms with van der Waals surface area (Å²) in [7, 11) is 0. The minimum absolute atomic E-state index is 0.379. The van der Waals surface area contributed by atoms with Gasteiger partial charge in [-0.3, -0.25) is 9.78 Å². The highest BCUT2D eigenvalue weighted by atomic mass is 16.7. The number of fused-ring (bicyclic) bond motifs is 1. The van der Waals surface area contributed by atoms with Crippen LogP contribution in [0, 0.1) is 0 Å². The summed E-state index contributed by atoms with van der Waals surface area (Å²) in [5.74, 6) is -0.379. The van der Waals surface area contributed by atoms with E-state index in [2.05, 4.69) is 10.5 Å². The lowest BCUT2D eigenvalue weighted by atomic mass is 10.2. The number of nitrogens with one attached hydrogen (secondary N) is 1. The van der Waals surface area contributed by atoms with Crippen molar-refractivity contribution >= 4 is 22.6 Å². The highest BCUT2D eigenvalue weighted by Crippen LogP contribution is 2.20. The molecule has 0 unspecified atom stereocenters. The Morgan fingerprint density at radius 3 is 3.00 bits per heavy atom. The first kappa shape index (κ1) is 9.45. The van der Waals surface area contributed by atoms with Gasteiger partial charge >= 0.3 is 5.97 Å². The molecule has 0 atom stereocenters. The van der Waals surface area contributed by atoms with Crippen LogP contribution in [0.5, 0.6) is 0 Å². The van der Waals surface area contributed by atoms with E-state index in [0.717, 1.165) is 16.6 Å². The Morgan fingerprint density at radius 2 is 2.20 bits per heavy atom. The van der Waals surface area contributed by atoms with Gasteiger partial charge in [0, 0.05) is 18.5 Å². The lowest BCUT2D eigenvalue weighted by Gasteiger charge is -2.07. The van der Waals surface area contributed by atoms with Crippen LogP contribution < -0.4 is 5.48 Å².